The first-order valence-corrected chi connectivity index (χ1v) is 9.26. The summed E-state index contributed by atoms with van der Waals surface area (Å²) in [7, 11) is 2.31. The molecule has 0 radical (unpaired) electrons. The Bertz CT molecular complexity index is 325. The number of aliphatic hydroxyl groups excluding tert-OH is 1. The predicted octanol–water partition coefficient (Wildman–Crippen LogP) is 2.74. The largest absolute Gasteiger partial charge is 0.396 e. The minimum Gasteiger partial charge on any atom is -0.396 e. The van der Waals surface area contributed by atoms with Gasteiger partial charge in [0.25, 0.3) is 0 Å². The van der Waals surface area contributed by atoms with Crippen LogP contribution in [0.4, 0.5) is 0 Å². The zero-order valence-corrected chi connectivity index (χ0v) is 13.9. The molecule has 3 aliphatic rings. The fourth-order valence-corrected chi connectivity index (χ4v) is 5.19. The fraction of sp³-hybridized carbons (Fsp3) is 1.00. The van der Waals surface area contributed by atoms with Crippen LogP contribution in [-0.2, 0) is 0 Å². The van der Waals surface area contributed by atoms with Crippen molar-refractivity contribution in [3.05, 3.63) is 0 Å². The van der Waals surface area contributed by atoms with Crippen LogP contribution in [0, 0.1) is 11.3 Å². The number of rotatable bonds is 3. The highest BCUT2D eigenvalue weighted by atomic mass is 16.3. The highest BCUT2D eigenvalue weighted by molar-refractivity contribution is 4.92. The minimum atomic E-state index is 0.212. The van der Waals surface area contributed by atoms with Crippen molar-refractivity contribution in [1.29, 1.82) is 0 Å². The van der Waals surface area contributed by atoms with E-state index in [1.165, 1.54) is 77.4 Å². The lowest BCUT2D eigenvalue weighted by molar-refractivity contribution is -0.0000659. The average molecular weight is 294 g/mol. The van der Waals surface area contributed by atoms with Gasteiger partial charge in [0.1, 0.15) is 0 Å². The van der Waals surface area contributed by atoms with Gasteiger partial charge in [0.15, 0.2) is 0 Å². The summed E-state index contributed by atoms with van der Waals surface area (Å²) >= 11 is 0. The summed E-state index contributed by atoms with van der Waals surface area (Å²) in [6.07, 6.45) is 12.0. The molecule has 0 aromatic rings. The van der Waals surface area contributed by atoms with E-state index in [2.05, 4.69) is 16.8 Å². The Morgan fingerprint density at radius 3 is 2.48 bits per heavy atom. The number of hydrogen-bond donors (Lipinski definition) is 1. The fourth-order valence-electron chi connectivity index (χ4n) is 5.19. The molecular formula is C18H34N2O. The molecule has 0 bridgehead atoms. The second-order valence-corrected chi connectivity index (χ2v) is 8.05. The third kappa shape index (κ3) is 3.62. The summed E-state index contributed by atoms with van der Waals surface area (Å²) in [4.78, 5) is 5.29. The number of likely N-dealkylation sites (tertiary alicyclic amines) is 2. The Hall–Kier alpha value is -0.120. The van der Waals surface area contributed by atoms with E-state index in [-0.39, 0.29) is 5.41 Å². The number of fused-ring (bicyclic) bond motifs is 1. The lowest BCUT2D eigenvalue weighted by Crippen LogP contribution is -2.54. The summed E-state index contributed by atoms with van der Waals surface area (Å²) in [6, 6.07) is 0.828. The van der Waals surface area contributed by atoms with Crippen LogP contribution in [0.5, 0.6) is 0 Å². The van der Waals surface area contributed by atoms with Crippen LogP contribution in [0.25, 0.3) is 0 Å². The van der Waals surface area contributed by atoms with Gasteiger partial charge in [-0.2, -0.15) is 0 Å². The molecule has 1 aliphatic carbocycles. The maximum Gasteiger partial charge on any atom is 0.0499 e. The van der Waals surface area contributed by atoms with Crippen LogP contribution in [-0.4, -0.2) is 60.8 Å². The average Bonchev–Trinajstić information content (AvgIpc) is 2.74. The van der Waals surface area contributed by atoms with Crippen LogP contribution in [0.1, 0.15) is 57.8 Å². The minimum absolute atomic E-state index is 0.212. The van der Waals surface area contributed by atoms with E-state index >= 15 is 0 Å². The predicted molar refractivity (Wildman–Crippen MR) is 87.4 cm³/mol. The summed E-state index contributed by atoms with van der Waals surface area (Å²) in [5, 5.41) is 10.0. The van der Waals surface area contributed by atoms with Gasteiger partial charge in [-0.25, -0.2) is 0 Å². The molecule has 0 aromatic carbocycles. The van der Waals surface area contributed by atoms with Crippen LogP contribution in [0.2, 0.25) is 0 Å². The van der Waals surface area contributed by atoms with Gasteiger partial charge in [0, 0.05) is 31.2 Å². The van der Waals surface area contributed by atoms with Crippen LogP contribution < -0.4 is 0 Å². The molecule has 122 valence electrons. The molecule has 0 spiro atoms. The molecular weight excluding hydrogens is 260 g/mol. The van der Waals surface area contributed by atoms with E-state index < -0.39 is 0 Å². The molecule has 2 atom stereocenters. The Kier molecular flexibility index (Phi) is 5.23. The van der Waals surface area contributed by atoms with Crippen molar-refractivity contribution in [2.75, 3.05) is 39.8 Å². The van der Waals surface area contributed by atoms with Gasteiger partial charge in [-0.1, -0.05) is 25.7 Å². The monoisotopic (exact) mass is 294 g/mol. The van der Waals surface area contributed by atoms with Gasteiger partial charge in [-0.15, -0.1) is 0 Å². The summed E-state index contributed by atoms with van der Waals surface area (Å²) in [6.45, 7) is 5.36. The van der Waals surface area contributed by atoms with Gasteiger partial charge >= 0.3 is 0 Å². The number of aliphatic hydroxyl groups is 1. The number of nitrogens with zero attached hydrogens (tertiary/aromatic N) is 2. The lowest BCUT2D eigenvalue weighted by Gasteiger charge is -2.48. The second-order valence-electron chi connectivity index (χ2n) is 8.05. The van der Waals surface area contributed by atoms with Crippen LogP contribution in [0.3, 0.4) is 0 Å². The maximum absolute atomic E-state index is 10.0. The van der Waals surface area contributed by atoms with E-state index in [4.69, 9.17) is 0 Å². The molecule has 2 aliphatic heterocycles. The normalized spacial score (nSPS) is 35.1. The summed E-state index contributed by atoms with van der Waals surface area (Å²) in [5.41, 5.74) is 0.212. The topological polar surface area (TPSA) is 26.7 Å². The first-order chi connectivity index (χ1) is 10.2. The van der Waals surface area contributed by atoms with Gasteiger partial charge in [-0.3, -0.25) is 0 Å². The molecule has 2 heterocycles. The molecule has 3 heteroatoms. The Morgan fingerprint density at radius 1 is 1.00 bits per heavy atom. The maximum atomic E-state index is 10.0. The number of piperidine rings is 2. The Morgan fingerprint density at radius 2 is 1.76 bits per heavy atom. The van der Waals surface area contributed by atoms with Crippen molar-refractivity contribution in [1.82, 2.24) is 9.80 Å². The Labute approximate surface area is 130 Å². The molecule has 3 rings (SSSR count). The van der Waals surface area contributed by atoms with Crippen molar-refractivity contribution in [2.45, 2.75) is 63.8 Å². The van der Waals surface area contributed by atoms with Gasteiger partial charge in [0.05, 0.1) is 0 Å². The van der Waals surface area contributed by atoms with Crippen molar-refractivity contribution in [3.8, 4) is 0 Å². The van der Waals surface area contributed by atoms with Crippen LogP contribution in [0.15, 0.2) is 0 Å². The molecule has 2 unspecified atom stereocenters. The molecule has 0 amide bonds. The van der Waals surface area contributed by atoms with Crippen molar-refractivity contribution in [2.24, 2.45) is 11.3 Å². The van der Waals surface area contributed by atoms with Gasteiger partial charge in [-0.05, 0) is 58.2 Å². The molecule has 1 N–H and O–H groups in total. The van der Waals surface area contributed by atoms with Crippen LogP contribution >= 0.6 is 0 Å². The SMILES string of the molecule is CN1CCCC2CN(CC3(CO)CCCCCC3)CCC21. The van der Waals surface area contributed by atoms with E-state index in [1.807, 2.05) is 0 Å². The molecule has 21 heavy (non-hydrogen) atoms. The first kappa shape index (κ1) is 15.8. The van der Waals surface area contributed by atoms with E-state index in [1.54, 1.807) is 0 Å². The molecule has 0 aromatic heterocycles. The molecule has 3 nitrogen and oxygen atoms in total. The van der Waals surface area contributed by atoms with E-state index in [9.17, 15) is 5.11 Å². The zero-order valence-electron chi connectivity index (χ0n) is 13.9. The van der Waals surface area contributed by atoms with E-state index in [0.29, 0.717) is 6.61 Å². The van der Waals surface area contributed by atoms with Gasteiger partial charge < -0.3 is 14.9 Å². The lowest BCUT2D eigenvalue weighted by atomic mass is 9.78. The smallest absolute Gasteiger partial charge is 0.0499 e. The standard InChI is InChI=1S/C18H34N2O/c1-19-11-6-7-16-13-20(12-8-17(16)19)14-18(15-21)9-4-2-3-5-10-18/h16-17,21H,2-15H2,1H3. The molecule has 1 saturated carbocycles. The zero-order chi connectivity index (χ0) is 14.7. The van der Waals surface area contributed by atoms with E-state index in [0.717, 1.165) is 18.5 Å². The van der Waals surface area contributed by atoms with Crippen molar-refractivity contribution in [3.63, 3.8) is 0 Å². The third-order valence-corrected chi connectivity index (χ3v) is 6.49. The quantitative estimate of drug-likeness (QED) is 0.811. The van der Waals surface area contributed by atoms with Gasteiger partial charge in [0.2, 0.25) is 0 Å². The molecule has 2 saturated heterocycles. The summed E-state index contributed by atoms with van der Waals surface area (Å²) < 4.78 is 0. The van der Waals surface area contributed by atoms with Crippen molar-refractivity contribution < 1.29 is 5.11 Å². The Balaban J connectivity index is 1.59. The summed E-state index contributed by atoms with van der Waals surface area (Å²) in [5.74, 6) is 0.874. The highest BCUT2D eigenvalue weighted by Crippen LogP contribution is 2.37. The number of hydrogen-bond acceptors (Lipinski definition) is 3. The molecule has 3 fully saturated rings. The second kappa shape index (κ2) is 6.97. The first-order valence-electron chi connectivity index (χ1n) is 9.26. The third-order valence-electron chi connectivity index (χ3n) is 6.49. The highest BCUT2D eigenvalue weighted by Gasteiger charge is 2.38. The van der Waals surface area contributed by atoms with Crippen molar-refractivity contribution >= 4 is 0 Å².